The molecule has 1 heterocycles. The first-order valence-corrected chi connectivity index (χ1v) is 20.4. The van der Waals surface area contributed by atoms with Crippen molar-refractivity contribution in [1.29, 1.82) is 0 Å². The van der Waals surface area contributed by atoms with Crippen LogP contribution < -0.4 is 4.90 Å². The number of fused-ring (bicyclic) bond motifs is 15. The van der Waals surface area contributed by atoms with Gasteiger partial charge in [0.05, 0.1) is 16.5 Å². The standard InChI is InChI=1S/C57H35NO/c1-2-13-37-32-38(25-24-36(37)12-1)39-26-27-41-34-42(29-28-40(41)33-39)58(53-21-11-23-55-56(53)47-17-6-10-22-54(47)59-55)43-30-31-52-48(35-43)46-16-5-9-20-51(46)57(52)49-18-7-3-14-44(49)45-15-4-8-19-50(45)57/h1-35H. The van der Waals surface area contributed by atoms with Crippen LogP contribution in [0.3, 0.4) is 0 Å². The summed E-state index contributed by atoms with van der Waals surface area (Å²) in [6.45, 7) is 0. The molecule has 59 heavy (non-hydrogen) atoms. The Kier molecular flexibility index (Phi) is 6.68. The highest BCUT2D eigenvalue weighted by Gasteiger charge is 2.51. The molecule has 2 heteroatoms. The van der Waals surface area contributed by atoms with E-state index in [1.165, 1.54) is 77.2 Å². The van der Waals surface area contributed by atoms with Crippen molar-refractivity contribution >= 4 is 60.5 Å². The molecule has 2 nitrogen and oxygen atoms in total. The Morgan fingerprint density at radius 3 is 1.59 bits per heavy atom. The Balaban J connectivity index is 1.03. The van der Waals surface area contributed by atoms with E-state index in [1.54, 1.807) is 0 Å². The second-order valence-corrected chi connectivity index (χ2v) is 16.0. The number of anilines is 3. The molecule has 0 bridgehead atoms. The summed E-state index contributed by atoms with van der Waals surface area (Å²) in [5.74, 6) is 0. The molecule has 274 valence electrons. The molecule has 10 aromatic carbocycles. The van der Waals surface area contributed by atoms with E-state index in [1.807, 2.05) is 6.07 Å². The zero-order chi connectivity index (χ0) is 38.7. The van der Waals surface area contributed by atoms with Gasteiger partial charge in [0, 0.05) is 16.8 Å². The molecule has 1 aromatic heterocycles. The van der Waals surface area contributed by atoms with Crippen molar-refractivity contribution in [3.05, 3.63) is 235 Å². The van der Waals surface area contributed by atoms with Crippen LogP contribution in [0.2, 0.25) is 0 Å². The van der Waals surface area contributed by atoms with Gasteiger partial charge >= 0.3 is 0 Å². The second-order valence-electron chi connectivity index (χ2n) is 16.0. The summed E-state index contributed by atoms with van der Waals surface area (Å²) in [6.07, 6.45) is 0. The Hall–Kier alpha value is -7.68. The average Bonchev–Trinajstić information content (AvgIpc) is 3.93. The smallest absolute Gasteiger partial charge is 0.137 e. The topological polar surface area (TPSA) is 16.4 Å². The van der Waals surface area contributed by atoms with E-state index in [9.17, 15) is 0 Å². The van der Waals surface area contributed by atoms with Crippen LogP contribution in [-0.2, 0) is 5.41 Å². The number of rotatable bonds is 4. The van der Waals surface area contributed by atoms with Gasteiger partial charge in [-0.1, -0.05) is 158 Å². The van der Waals surface area contributed by atoms with Gasteiger partial charge in [-0.2, -0.15) is 0 Å². The molecule has 1 spiro atoms. The molecule has 11 aromatic rings. The lowest BCUT2D eigenvalue weighted by Crippen LogP contribution is -2.25. The van der Waals surface area contributed by atoms with Gasteiger partial charge in [0.1, 0.15) is 11.2 Å². The van der Waals surface area contributed by atoms with Crippen LogP contribution in [-0.4, -0.2) is 0 Å². The molecule has 0 amide bonds. The molecule has 0 unspecified atom stereocenters. The first-order chi connectivity index (χ1) is 29.2. The molecule has 13 rings (SSSR count). The number of hydrogen-bond donors (Lipinski definition) is 0. The molecule has 0 aliphatic heterocycles. The molecule has 0 atom stereocenters. The van der Waals surface area contributed by atoms with E-state index in [0.717, 1.165) is 39.0 Å². The summed E-state index contributed by atoms with van der Waals surface area (Å²) in [7, 11) is 0. The van der Waals surface area contributed by atoms with Crippen molar-refractivity contribution in [3.63, 3.8) is 0 Å². The summed E-state index contributed by atoms with van der Waals surface area (Å²) in [6, 6.07) is 78.1. The van der Waals surface area contributed by atoms with Crippen LogP contribution in [0.15, 0.2) is 217 Å². The maximum Gasteiger partial charge on any atom is 0.137 e. The van der Waals surface area contributed by atoms with Gasteiger partial charge < -0.3 is 9.32 Å². The summed E-state index contributed by atoms with van der Waals surface area (Å²) in [5.41, 5.74) is 17.6. The van der Waals surface area contributed by atoms with E-state index in [0.29, 0.717) is 0 Å². The van der Waals surface area contributed by atoms with Crippen LogP contribution in [0.1, 0.15) is 22.3 Å². The molecule has 0 radical (unpaired) electrons. The third-order valence-corrected chi connectivity index (χ3v) is 13.0. The van der Waals surface area contributed by atoms with Gasteiger partial charge in [0.2, 0.25) is 0 Å². The molecular formula is C57H35NO. The van der Waals surface area contributed by atoms with E-state index in [-0.39, 0.29) is 0 Å². The number of furan rings is 1. The highest BCUT2D eigenvalue weighted by Crippen LogP contribution is 2.63. The van der Waals surface area contributed by atoms with E-state index < -0.39 is 5.41 Å². The average molecular weight is 750 g/mol. The zero-order valence-electron chi connectivity index (χ0n) is 32.1. The number of benzene rings is 10. The maximum absolute atomic E-state index is 6.49. The maximum atomic E-state index is 6.49. The number of para-hydroxylation sites is 1. The zero-order valence-corrected chi connectivity index (χ0v) is 32.1. The first kappa shape index (κ1) is 32.4. The third kappa shape index (κ3) is 4.51. The van der Waals surface area contributed by atoms with Crippen LogP contribution in [0.4, 0.5) is 17.1 Å². The second kappa shape index (κ2) is 12.2. The molecule has 0 fully saturated rings. The van der Waals surface area contributed by atoms with Crippen LogP contribution >= 0.6 is 0 Å². The fourth-order valence-corrected chi connectivity index (χ4v) is 10.5. The third-order valence-electron chi connectivity index (χ3n) is 13.0. The van der Waals surface area contributed by atoms with Gasteiger partial charge in [-0.25, -0.2) is 0 Å². The van der Waals surface area contributed by atoms with E-state index in [4.69, 9.17) is 4.42 Å². The SMILES string of the molecule is c1ccc2c(c1)-c1ccccc1C21c2ccccc2-c2cc(N(c3ccc4cc(-c5ccc6ccccc6c5)ccc4c3)c3cccc4oc5ccccc5c34)ccc21. The van der Waals surface area contributed by atoms with E-state index >= 15 is 0 Å². The van der Waals surface area contributed by atoms with Crippen molar-refractivity contribution in [2.24, 2.45) is 0 Å². The van der Waals surface area contributed by atoms with E-state index in [2.05, 4.69) is 211 Å². The predicted molar refractivity (Wildman–Crippen MR) is 245 cm³/mol. The largest absolute Gasteiger partial charge is 0.456 e. The van der Waals surface area contributed by atoms with Crippen molar-refractivity contribution in [1.82, 2.24) is 0 Å². The Bertz CT molecular complexity index is 3490. The summed E-state index contributed by atoms with van der Waals surface area (Å²) < 4.78 is 6.49. The van der Waals surface area contributed by atoms with Gasteiger partial charge in [0.15, 0.2) is 0 Å². The highest BCUT2D eigenvalue weighted by atomic mass is 16.3. The molecule has 2 aliphatic carbocycles. The highest BCUT2D eigenvalue weighted by molar-refractivity contribution is 6.14. The van der Waals surface area contributed by atoms with Crippen molar-refractivity contribution < 1.29 is 4.42 Å². The summed E-state index contributed by atoms with van der Waals surface area (Å²) >= 11 is 0. The predicted octanol–water partition coefficient (Wildman–Crippen LogP) is 15.4. The monoisotopic (exact) mass is 749 g/mol. The van der Waals surface area contributed by atoms with Crippen LogP contribution in [0.25, 0.3) is 76.9 Å². The van der Waals surface area contributed by atoms with Crippen LogP contribution in [0, 0.1) is 0 Å². The fraction of sp³-hybridized carbons (Fsp3) is 0.0175. The quantitative estimate of drug-likeness (QED) is 0.178. The Morgan fingerprint density at radius 2 is 0.847 bits per heavy atom. The van der Waals surface area contributed by atoms with Crippen molar-refractivity contribution in [2.45, 2.75) is 5.41 Å². The lowest BCUT2D eigenvalue weighted by atomic mass is 9.70. The number of hydrogen-bond acceptors (Lipinski definition) is 2. The normalized spacial score (nSPS) is 13.2. The summed E-state index contributed by atoms with van der Waals surface area (Å²) in [5, 5.41) is 7.10. The number of nitrogens with zero attached hydrogens (tertiary/aromatic N) is 1. The molecule has 2 aliphatic rings. The Labute approximate surface area is 341 Å². The van der Waals surface area contributed by atoms with Crippen LogP contribution in [0.5, 0.6) is 0 Å². The van der Waals surface area contributed by atoms with Crippen molar-refractivity contribution in [2.75, 3.05) is 4.90 Å². The lowest BCUT2D eigenvalue weighted by Gasteiger charge is -2.31. The molecule has 0 saturated heterocycles. The van der Waals surface area contributed by atoms with Crippen molar-refractivity contribution in [3.8, 4) is 33.4 Å². The molecule has 0 N–H and O–H groups in total. The molecule has 0 saturated carbocycles. The minimum atomic E-state index is -0.394. The lowest BCUT2D eigenvalue weighted by molar-refractivity contribution is 0.669. The van der Waals surface area contributed by atoms with Gasteiger partial charge in [-0.3, -0.25) is 0 Å². The fourth-order valence-electron chi connectivity index (χ4n) is 10.5. The summed E-state index contributed by atoms with van der Waals surface area (Å²) in [4.78, 5) is 2.44. The first-order valence-electron chi connectivity index (χ1n) is 20.4. The van der Waals surface area contributed by atoms with Gasteiger partial charge in [-0.05, 0) is 132 Å². The van der Waals surface area contributed by atoms with Gasteiger partial charge in [-0.15, -0.1) is 0 Å². The minimum Gasteiger partial charge on any atom is -0.456 e. The molecular weight excluding hydrogens is 715 g/mol. The Morgan fingerprint density at radius 1 is 0.339 bits per heavy atom. The van der Waals surface area contributed by atoms with Gasteiger partial charge in [0.25, 0.3) is 0 Å². The minimum absolute atomic E-state index is 0.394.